The van der Waals surface area contributed by atoms with E-state index in [2.05, 4.69) is 31.3 Å². The van der Waals surface area contributed by atoms with Crippen molar-refractivity contribution in [3.8, 4) is 22.8 Å². The number of nitrogens with zero attached hydrogens (tertiary/aromatic N) is 2. The minimum atomic E-state index is -0.574. The van der Waals surface area contributed by atoms with Crippen LogP contribution in [-0.2, 0) is 4.74 Å². The van der Waals surface area contributed by atoms with Crippen molar-refractivity contribution in [3.63, 3.8) is 0 Å². The third-order valence-corrected chi connectivity index (χ3v) is 3.34. The molecule has 106 valence electrons. The Labute approximate surface area is 123 Å². The van der Waals surface area contributed by atoms with Gasteiger partial charge in [-0.25, -0.2) is 4.79 Å². The molecule has 0 saturated carbocycles. The second-order valence-corrected chi connectivity index (χ2v) is 4.51. The van der Waals surface area contributed by atoms with Crippen LogP contribution in [0.15, 0.2) is 16.6 Å². The molecule has 0 radical (unpaired) electrons. The number of benzene rings is 1. The number of ether oxygens (including phenoxy) is 2. The molecule has 1 aromatic carbocycles. The molecular weight excluding hydrogens is 330 g/mol. The van der Waals surface area contributed by atoms with Crippen molar-refractivity contribution in [2.45, 2.75) is 6.92 Å². The number of esters is 1. The quantitative estimate of drug-likeness (QED) is 0.826. The number of hydrogen-bond donors (Lipinski definition) is 2. The van der Waals surface area contributed by atoms with Gasteiger partial charge in [-0.3, -0.25) is 0 Å². The van der Waals surface area contributed by atoms with E-state index in [9.17, 15) is 9.90 Å². The van der Waals surface area contributed by atoms with Gasteiger partial charge in [-0.2, -0.15) is 10.3 Å². The Morgan fingerprint density at radius 2 is 2.20 bits per heavy atom. The molecule has 8 heteroatoms. The zero-order chi connectivity index (χ0) is 14.7. The minimum absolute atomic E-state index is 0.0238. The first kappa shape index (κ1) is 14.3. The van der Waals surface area contributed by atoms with Gasteiger partial charge < -0.3 is 14.6 Å². The number of aromatic hydroxyl groups is 1. The van der Waals surface area contributed by atoms with Gasteiger partial charge in [-0.1, -0.05) is 0 Å². The highest BCUT2D eigenvalue weighted by molar-refractivity contribution is 9.10. The van der Waals surface area contributed by atoms with Gasteiger partial charge in [-0.05, 0) is 35.0 Å². The molecule has 0 bridgehead atoms. The first-order valence-corrected chi connectivity index (χ1v) is 6.53. The number of rotatable bonds is 4. The summed E-state index contributed by atoms with van der Waals surface area (Å²) in [5.41, 5.74) is 0.936. The Bertz CT molecular complexity index is 642. The van der Waals surface area contributed by atoms with Crippen molar-refractivity contribution in [2.24, 2.45) is 0 Å². The fraction of sp³-hybridized carbons (Fsp3) is 0.250. The Morgan fingerprint density at radius 3 is 2.85 bits per heavy atom. The van der Waals surface area contributed by atoms with Gasteiger partial charge >= 0.3 is 5.97 Å². The second kappa shape index (κ2) is 5.91. The molecule has 2 aromatic rings. The predicted octanol–water partition coefficient (Wildman–Crippen LogP) is 2.13. The van der Waals surface area contributed by atoms with E-state index in [0.717, 1.165) is 0 Å². The predicted molar refractivity (Wildman–Crippen MR) is 73.7 cm³/mol. The highest BCUT2D eigenvalue weighted by Crippen LogP contribution is 2.41. The highest BCUT2D eigenvalue weighted by Gasteiger charge is 2.23. The number of halogens is 1. The zero-order valence-electron chi connectivity index (χ0n) is 10.8. The average Bonchev–Trinajstić information content (AvgIpc) is 2.89. The van der Waals surface area contributed by atoms with Crippen molar-refractivity contribution in [3.05, 3.63) is 22.3 Å². The van der Waals surface area contributed by atoms with E-state index < -0.39 is 5.97 Å². The molecule has 2 N–H and O–H groups in total. The maximum Gasteiger partial charge on any atom is 0.361 e. The molecular formula is C12H12BrN3O4. The Kier molecular flexibility index (Phi) is 4.23. The Morgan fingerprint density at radius 1 is 1.45 bits per heavy atom. The molecule has 0 amide bonds. The van der Waals surface area contributed by atoms with Crippen LogP contribution >= 0.6 is 15.9 Å². The van der Waals surface area contributed by atoms with E-state index in [1.807, 2.05) is 0 Å². The number of carbonyl (C=O) groups excluding carboxylic acids is 1. The molecule has 2 rings (SSSR count). The van der Waals surface area contributed by atoms with Gasteiger partial charge in [0.1, 0.15) is 5.69 Å². The summed E-state index contributed by atoms with van der Waals surface area (Å²) in [6.07, 6.45) is 0. The molecule has 0 atom stereocenters. The average molecular weight is 342 g/mol. The second-order valence-electron chi connectivity index (χ2n) is 3.72. The maximum atomic E-state index is 11.8. The van der Waals surface area contributed by atoms with E-state index in [1.54, 1.807) is 13.0 Å². The van der Waals surface area contributed by atoms with Crippen LogP contribution in [0.25, 0.3) is 11.3 Å². The highest BCUT2D eigenvalue weighted by atomic mass is 79.9. The van der Waals surface area contributed by atoms with Crippen LogP contribution < -0.4 is 4.74 Å². The lowest BCUT2D eigenvalue weighted by atomic mass is 10.1. The van der Waals surface area contributed by atoms with Crippen molar-refractivity contribution < 1.29 is 19.4 Å². The smallest absolute Gasteiger partial charge is 0.361 e. The molecule has 7 nitrogen and oxygen atoms in total. The van der Waals surface area contributed by atoms with Gasteiger partial charge in [0.05, 0.1) is 18.2 Å². The molecule has 20 heavy (non-hydrogen) atoms. The summed E-state index contributed by atoms with van der Waals surface area (Å²) in [5, 5.41) is 19.8. The van der Waals surface area contributed by atoms with Crippen LogP contribution in [0.3, 0.4) is 0 Å². The number of phenolic OH excluding ortho intramolecular Hbond substituents is 1. The van der Waals surface area contributed by atoms with Gasteiger partial charge in [0, 0.05) is 5.56 Å². The van der Waals surface area contributed by atoms with E-state index >= 15 is 0 Å². The largest absolute Gasteiger partial charge is 0.504 e. The Hall–Kier alpha value is -2.09. The molecule has 0 aliphatic rings. The van der Waals surface area contributed by atoms with Crippen LogP contribution in [0.2, 0.25) is 0 Å². The molecule has 0 fully saturated rings. The minimum Gasteiger partial charge on any atom is -0.504 e. The number of aromatic amines is 1. The van der Waals surface area contributed by atoms with Gasteiger partial charge in [-0.15, -0.1) is 5.10 Å². The lowest BCUT2D eigenvalue weighted by molar-refractivity contribution is 0.0520. The third kappa shape index (κ3) is 2.46. The van der Waals surface area contributed by atoms with Crippen LogP contribution in [0.4, 0.5) is 0 Å². The number of H-pyrrole nitrogens is 1. The normalized spacial score (nSPS) is 10.3. The van der Waals surface area contributed by atoms with Gasteiger partial charge in [0.25, 0.3) is 0 Å². The fourth-order valence-electron chi connectivity index (χ4n) is 1.68. The van der Waals surface area contributed by atoms with Crippen molar-refractivity contribution in [1.82, 2.24) is 15.4 Å². The lowest BCUT2D eigenvalue weighted by Crippen LogP contribution is -2.07. The number of nitrogens with one attached hydrogen (secondary N) is 1. The molecule has 1 heterocycles. The van der Waals surface area contributed by atoms with Crippen LogP contribution in [0.5, 0.6) is 11.5 Å². The number of methoxy groups -OCH3 is 1. The molecule has 0 unspecified atom stereocenters. The van der Waals surface area contributed by atoms with E-state index in [-0.39, 0.29) is 23.8 Å². The van der Waals surface area contributed by atoms with Gasteiger partial charge in [0.15, 0.2) is 17.2 Å². The van der Waals surface area contributed by atoms with Crippen molar-refractivity contribution in [1.29, 1.82) is 0 Å². The summed E-state index contributed by atoms with van der Waals surface area (Å²) in [6, 6.07) is 3.05. The van der Waals surface area contributed by atoms with Crippen molar-refractivity contribution >= 4 is 21.9 Å². The van der Waals surface area contributed by atoms with E-state index in [4.69, 9.17) is 9.47 Å². The SMILES string of the molecule is CCOC(=O)c1n[nH]nc1-c1ccc(O)c(OC)c1Br. The first-order valence-electron chi connectivity index (χ1n) is 5.73. The lowest BCUT2D eigenvalue weighted by Gasteiger charge is -2.09. The molecule has 0 spiro atoms. The van der Waals surface area contributed by atoms with Crippen molar-refractivity contribution in [2.75, 3.05) is 13.7 Å². The van der Waals surface area contributed by atoms with Crippen LogP contribution in [0.1, 0.15) is 17.4 Å². The summed E-state index contributed by atoms with van der Waals surface area (Å²) in [6.45, 7) is 1.95. The van der Waals surface area contributed by atoms with E-state index in [0.29, 0.717) is 15.7 Å². The van der Waals surface area contributed by atoms with E-state index in [1.165, 1.54) is 13.2 Å². The topological polar surface area (TPSA) is 97.3 Å². The van der Waals surface area contributed by atoms with Gasteiger partial charge in [0.2, 0.25) is 0 Å². The number of carbonyl (C=O) groups is 1. The monoisotopic (exact) mass is 341 g/mol. The zero-order valence-corrected chi connectivity index (χ0v) is 12.4. The summed E-state index contributed by atoms with van der Waals surface area (Å²) in [5.74, 6) is -0.347. The summed E-state index contributed by atoms with van der Waals surface area (Å²) in [4.78, 5) is 11.8. The molecule has 0 aliphatic heterocycles. The van der Waals surface area contributed by atoms with Crippen LogP contribution in [-0.4, -0.2) is 40.2 Å². The maximum absolute atomic E-state index is 11.8. The number of aromatic nitrogens is 3. The third-order valence-electron chi connectivity index (χ3n) is 2.55. The van der Waals surface area contributed by atoms with Crippen LogP contribution in [0, 0.1) is 0 Å². The standard InChI is InChI=1S/C12H12BrN3O4/c1-3-20-12(18)10-9(14-16-15-10)6-4-5-7(17)11(19-2)8(6)13/h4-5,17H,3H2,1-2H3,(H,14,15,16). The summed E-state index contributed by atoms with van der Waals surface area (Å²) in [7, 11) is 1.43. The number of hydrogen-bond acceptors (Lipinski definition) is 6. The Balaban J connectivity index is 2.53. The molecule has 0 aliphatic carbocycles. The fourth-order valence-corrected chi connectivity index (χ4v) is 2.37. The number of phenols is 1. The molecule has 0 saturated heterocycles. The summed E-state index contributed by atoms with van der Waals surface area (Å²) >= 11 is 3.32. The first-order chi connectivity index (χ1) is 9.60. The summed E-state index contributed by atoms with van der Waals surface area (Å²) < 4.78 is 10.5. The molecule has 1 aromatic heterocycles.